The number of carbonyl (C=O) groups excluding carboxylic acids is 1. The van der Waals surface area contributed by atoms with E-state index in [0.29, 0.717) is 28.8 Å². The van der Waals surface area contributed by atoms with Crippen molar-refractivity contribution in [2.45, 2.75) is 13.5 Å². The second-order valence-corrected chi connectivity index (χ2v) is 7.88. The van der Waals surface area contributed by atoms with E-state index in [-0.39, 0.29) is 17.7 Å². The molecule has 11 heteroatoms. The Morgan fingerprint density at radius 3 is 2.47 bits per heavy atom. The van der Waals surface area contributed by atoms with Gasteiger partial charge in [0.2, 0.25) is 5.91 Å². The normalized spacial score (nSPS) is 10.9. The topological polar surface area (TPSA) is 109 Å². The van der Waals surface area contributed by atoms with Crippen LogP contribution in [0.1, 0.15) is 6.92 Å². The predicted octanol–water partition coefficient (Wildman–Crippen LogP) is 2.92. The molecule has 0 radical (unpaired) electrons. The molecule has 0 unspecified atom stereocenters. The van der Waals surface area contributed by atoms with Crippen molar-refractivity contribution in [1.29, 1.82) is 0 Å². The minimum absolute atomic E-state index is 0.150. The molecule has 34 heavy (non-hydrogen) atoms. The van der Waals surface area contributed by atoms with Gasteiger partial charge in [0.1, 0.15) is 18.0 Å². The first-order valence-electron chi connectivity index (χ1n) is 10.4. The Kier molecular flexibility index (Phi) is 6.42. The number of halogens is 1. The summed E-state index contributed by atoms with van der Waals surface area (Å²) in [5, 5.41) is 3.18. The van der Waals surface area contributed by atoms with E-state index in [1.807, 2.05) is 6.92 Å². The van der Waals surface area contributed by atoms with E-state index in [1.165, 1.54) is 29.6 Å². The molecule has 2 aromatic carbocycles. The fraction of sp³-hybridized carbons (Fsp3) is 0.217. The quantitative estimate of drug-likeness (QED) is 0.433. The standard InChI is InChI=1S/C23H22ClN5O5/c1-4-33-15-6-8-16(9-7-15)34-18-10-5-14(24)11-17(18)26-19(30)12-29-13-25-21-20(29)22(31)28(3)23(32)27(21)2/h5-11,13H,4,12H2,1-3H3,(H,26,30). The Hall–Kier alpha value is -4.05. The Bertz CT molecular complexity index is 1490. The highest BCUT2D eigenvalue weighted by Gasteiger charge is 2.17. The monoisotopic (exact) mass is 483 g/mol. The van der Waals surface area contributed by atoms with Crippen LogP contribution in [0.2, 0.25) is 5.02 Å². The number of rotatable bonds is 7. The summed E-state index contributed by atoms with van der Waals surface area (Å²) < 4.78 is 15.0. The van der Waals surface area contributed by atoms with Crippen molar-refractivity contribution < 1.29 is 14.3 Å². The predicted molar refractivity (Wildman–Crippen MR) is 128 cm³/mol. The number of fused-ring (bicyclic) bond motifs is 1. The Morgan fingerprint density at radius 1 is 1.06 bits per heavy atom. The van der Waals surface area contributed by atoms with Crippen LogP contribution in [0.4, 0.5) is 5.69 Å². The van der Waals surface area contributed by atoms with Crippen molar-refractivity contribution >= 4 is 34.4 Å². The van der Waals surface area contributed by atoms with Gasteiger partial charge in [-0.05, 0) is 49.4 Å². The molecular weight excluding hydrogens is 462 g/mol. The van der Waals surface area contributed by atoms with Crippen LogP contribution in [0, 0.1) is 0 Å². The third-order valence-corrected chi connectivity index (χ3v) is 5.34. The zero-order valence-corrected chi connectivity index (χ0v) is 19.5. The van der Waals surface area contributed by atoms with Gasteiger partial charge in [0, 0.05) is 19.1 Å². The number of anilines is 1. The van der Waals surface area contributed by atoms with Gasteiger partial charge in [0.15, 0.2) is 16.9 Å². The lowest BCUT2D eigenvalue weighted by Gasteiger charge is -2.14. The maximum Gasteiger partial charge on any atom is 0.332 e. The molecule has 0 bridgehead atoms. The first kappa shape index (κ1) is 23.1. The summed E-state index contributed by atoms with van der Waals surface area (Å²) in [4.78, 5) is 41.7. The molecule has 0 aliphatic heterocycles. The highest BCUT2D eigenvalue weighted by molar-refractivity contribution is 6.31. The van der Waals surface area contributed by atoms with Crippen molar-refractivity contribution in [3.63, 3.8) is 0 Å². The molecule has 1 amide bonds. The zero-order chi connectivity index (χ0) is 24.4. The number of amides is 1. The summed E-state index contributed by atoms with van der Waals surface area (Å²) in [5.41, 5.74) is -0.330. The first-order chi connectivity index (χ1) is 16.3. The van der Waals surface area contributed by atoms with Crippen molar-refractivity contribution in [2.24, 2.45) is 14.1 Å². The SMILES string of the molecule is CCOc1ccc(Oc2ccc(Cl)cc2NC(=O)Cn2cnc3c2c(=O)n(C)c(=O)n3C)cc1. The molecule has 0 aliphatic rings. The van der Waals surface area contributed by atoms with Gasteiger partial charge in [-0.15, -0.1) is 0 Å². The number of benzene rings is 2. The second kappa shape index (κ2) is 9.44. The Labute approximate surface area is 198 Å². The summed E-state index contributed by atoms with van der Waals surface area (Å²) >= 11 is 6.14. The summed E-state index contributed by atoms with van der Waals surface area (Å²) in [7, 11) is 2.88. The fourth-order valence-electron chi connectivity index (χ4n) is 3.45. The van der Waals surface area contributed by atoms with E-state index < -0.39 is 17.2 Å². The molecule has 2 heterocycles. The minimum Gasteiger partial charge on any atom is -0.494 e. The smallest absolute Gasteiger partial charge is 0.332 e. The Morgan fingerprint density at radius 2 is 1.76 bits per heavy atom. The fourth-order valence-corrected chi connectivity index (χ4v) is 3.62. The summed E-state index contributed by atoms with van der Waals surface area (Å²) in [6.45, 7) is 2.25. The van der Waals surface area contributed by atoms with Crippen LogP contribution in [-0.2, 0) is 25.4 Å². The van der Waals surface area contributed by atoms with Crippen molar-refractivity contribution in [1.82, 2.24) is 18.7 Å². The van der Waals surface area contributed by atoms with E-state index in [0.717, 1.165) is 10.3 Å². The van der Waals surface area contributed by atoms with Gasteiger partial charge in [0.25, 0.3) is 5.56 Å². The summed E-state index contributed by atoms with van der Waals surface area (Å²) in [5.74, 6) is 1.21. The average molecular weight is 484 g/mol. The van der Waals surface area contributed by atoms with Crippen molar-refractivity contribution in [3.8, 4) is 17.2 Å². The first-order valence-corrected chi connectivity index (χ1v) is 10.8. The summed E-state index contributed by atoms with van der Waals surface area (Å²) in [6.07, 6.45) is 1.35. The minimum atomic E-state index is -0.536. The number of aryl methyl sites for hydroxylation is 1. The lowest BCUT2D eigenvalue weighted by molar-refractivity contribution is -0.116. The van der Waals surface area contributed by atoms with Gasteiger partial charge in [-0.2, -0.15) is 0 Å². The molecule has 176 valence electrons. The number of hydrogen-bond acceptors (Lipinski definition) is 6. The molecule has 0 atom stereocenters. The average Bonchev–Trinajstić information content (AvgIpc) is 3.23. The number of imidazole rings is 1. The maximum atomic E-state index is 12.9. The summed E-state index contributed by atoms with van der Waals surface area (Å²) in [6, 6.07) is 11.9. The van der Waals surface area contributed by atoms with E-state index >= 15 is 0 Å². The molecule has 0 saturated carbocycles. The van der Waals surface area contributed by atoms with Crippen LogP contribution in [0.25, 0.3) is 11.2 Å². The molecule has 0 aliphatic carbocycles. The molecule has 10 nitrogen and oxygen atoms in total. The lowest BCUT2D eigenvalue weighted by Crippen LogP contribution is -2.37. The molecule has 0 fully saturated rings. The van der Waals surface area contributed by atoms with E-state index in [2.05, 4.69) is 10.3 Å². The van der Waals surface area contributed by atoms with Crippen LogP contribution >= 0.6 is 11.6 Å². The number of hydrogen-bond donors (Lipinski definition) is 1. The number of nitrogens with one attached hydrogen (secondary N) is 1. The molecule has 0 spiro atoms. The lowest BCUT2D eigenvalue weighted by atomic mass is 10.2. The largest absolute Gasteiger partial charge is 0.494 e. The van der Waals surface area contributed by atoms with Crippen LogP contribution in [0.5, 0.6) is 17.2 Å². The van der Waals surface area contributed by atoms with Gasteiger partial charge in [0.05, 0.1) is 18.6 Å². The van der Waals surface area contributed by atoms with Gasteiger partial charge in [-0.25, -0.2) is 9.78 Å². The van der Waals surface area contributed by atoms with E-state index in [4.69, 9.17) is 21.1 Å². The highest BCUT2D eigenvalue weighted by atomic mass is 35.5. The zero-order valence-electron chi connectivity index (χ0n) is 18.7. The highest BCUT2D eigenvalue weighted by Crippen LogP contribution is 2.32. The van der Waals surface area contributed by atoms with Gasteiger partial charge < -0.3 is 19.4 Å². The molecule has 4 aromatic rings. The third kappa shape index (κ3) is 4.53. The molecule has 1 N–H and O–H groups in total. The molecular formula is C23H22ClN5O5. The van der Waals surface area contributed by atoms with E-state index in [1.54, 1.807) is 42.5 Å². The number of ether oxygens (including phenoxy) is 2. The van der Waals surface area contributed by atoms with Gasteiger partial charge in [-0.3, -0.25) is 18.7 Å². The van der Waals surface area contributed by atoms with Crippen LogP contribution in [0.3, 0.4) is 0 Å². The van der Waals surface area contributed by atoms with Crippen molar-refractivity contribution in [3.05, 3.63) is 74.7 Å². The van der Waals surface area contributed by atoms with Gasteiger partial charge in [-0.1, -0.05) is 11.6 Å². The second-order valence-electron chi connectivity index (χ2n) is 7.45. The van der Waals surface area contributed by atoms with Crippen LogP contribution < -0.4 is 26.0 Å². The molecule has 0 saturated heterocycles. The van der Waals surface area contributed by atoms with E-state index in [9.17, 15) is 14.4 Å². The molecule has 2 aromatic heterocycles. The third-order valence-electron chi connectivity index (χ3n) is 5.11. The van der Waals surface area contributed by atoms with Crippen molar-refractivity contribution in [2.75, 3.05) is 11.9 Å². The maximum absolute atomic E-state index is 12.9. The Balaban J connectivity index is 1.58. The number of nitrogens with zero attached hydrogens (tertiary/aromatic N) is 4. The van der Waals surface area contributed by atoms with Crippen LogP contribution in [-0.4, -0.2) is 31.2 Å². The number of carbonyl (C=O) groups is 1. The number of aromatic nitrogens is 4. The van der Waals surface area contributed by atoms with Crippen LogP contribution in [0.15, 0.2) is 58.4 Å². The van der Waals surface area contributed by atoms with Gasteiger partial charge >= 0.3 is 5.69 Å². The molecule has 4 rings (SSSR count).